The fourth-order valence-corrected chi connectivity index (χ4v) is 2.92. The van der Waals surface area contributed by atoms with E-state index in [1.807, 2.05) is 0 Å². The molecule has 0 aliphatic rings. The van der Waals surface area contributed by atoms with Gasteiger partial charge in [-0.3, -0.25) is 0 Å². The van der Waals surface area contributed by atoms with Gasteiger partial charge in [0.25, 0.3) is 0 Å². The molecular formula is C17H10F6N2S. The molecule has 1 heterocycles. The smallest absolute Gasteiger partial charge is 0.232 e. The number of benzene rings is 2. The summed E-state index contributed by atoms with van der Waals surface area (Å²) in [5.74, 6) is -2.37. The predicted octanol–water partition coefficient (Wildman–Crippen LogP) is 5.70. The third-order valence-electron chi connectivity index (χ3n) is 3.57. The van der Waals surface area contributed by atoms with E-state index in [2.05, 4.69) is 5.10 Å². The summed E-state index contributed by atoms with van der Waals surface area (Å²) in [4.78, 5) is -0.238. The SMILES string of the molecule is CSc1c(F)cc(-c2cc(C(F)(F)F)nn2-c2ccc(F)cc2)cc1F. The van der Waals surface area contributed by atoms with E-state index in [-0.39, 0.29) is 21.8 Å². The molecule has 0 aliphatic carbocycles. The summed E-state index contributed by atoms with van der Waals surface area (Å²) >= 11 is 0.843. The minimum Gasteiger partial charge on any atom is -0.232 e. The summed E-state index contributed by atoms with van der Waals surface area (Å²) in [5.41, 5.74) is -1.40. The maximum absolute atomic E-state index is 14.1. The molecule has 3 rings (SSSR count). The van der Waals surface area contributed by atoms with Crippen molar-refractivity contribution >= 4 is 11.8 Å². The molecule has 26 heavy (non-hydrogen) atoms. The molecule has 0 radical (unpaired) electrons. The number of aromatic nitrogens is 2. The van der Waals surface area contributed by atoms with Crippen LogP contribution in [0.2, 0.25) is 0 Å². The zero-order valence-electron chi connectivity index (χ0n) is 13.1. The van der Waals surface area contributed by atoms with Crippen LogP contribution in [-0.4, -0.2) is 16.0 Å². The van der Waals surface area contributed by atoms with E-state index < -0.39 is 29.3 Å². The molecule has 0 saturated carbocycles. The number of rotatable bonds is 3. The summed E-state index contributed by atoms with van der Waals surface area (Å²) in [5, 5.41) is 3.48. The first-order valence-electron chi connectivity index (χ1n) is 7.17. The van der Waals surface area contributed by atoms with Crippen LogP contribution in [0.3, 0.4) is 0 Å². The van der Waals surface area contributed by atoms with Crippen LogP contribution in [-0.2, 0) is 6.18 Å². The fraction of sp³-hybridized carbons (Fsp3) is 0.118. The number of hydrogen-bond donors (Lipinski definition) is 0. The highest BCUT2D eigenvalue weighted by molar-refractivity contribution is 7.98. The van der Waals surface area contributed by atoms with Crippen LogP contribution in [0.1, 0.15) is 5.69 Å². The standard InChI is InChI=1S/C17H10F6N2S/c1-26-16-12(19)6-9(7-13(16)20)14-8-15(17(21,22)23)24-25(14)11-4-2-10(18)3-5-11/h2-8H,1H3. The highest BCUT2D eigenvalue weighted by atomic mass is 32.2. The first-order chi connectivity index (χ1) is 12.2. The van der Waals surface area contributed by atoms with Crippen molar-refractivity contribution in [1.82, 2.24) is 9.78 Å². The minimum absolute atomic E-state index is 0.117. The zero-order valence-corrected chi connectivity index (χ0v) is 13.9. The lowest BCUT2D eigenvalue weighted by Crippen LogP contribution is -2.07. The molecule has 0 spiro atoms. The van der Waals surface area contributed by atoms with E-state index in [1.54, 1.807) is 0 Å². The van der Waals surface area contributed by atoms with Crippen LogP contribution in [0.15, 0.2) is 47.4 Å². The van der Waals surface area contributed by atoms with Crippen molar-refractivity contribution in [2.24, 2.45) is 0 Å². The number of alkyl halides is 3. The summed E-state index contributed by atoms with van der Waals surface area (Å²) in [6.45, 7) is 0. The van der Waals surface area contributed by atoms with Crippen molar-refractivity contribution in [2.45, 2.75) is 11.1 Å². The van der Waals surface area contributed by atoms with E-state index in [4.69, 9.17) is 0 Å². The van der Waals surface area contributed by atoms with Gasteiger partial charge in [-0.25, -0.2) is 17.9 Å². The molecule has 1 aromatic heterocycles. The van der Waals surface area contributed by atoms with Crippen molar-refractivity contribution < 1.29 is 26.3 Å². The molecule has 9 heteroatoms. The van der Waals surface area contributed by atoms with Crippen molar-refractivity contribution in [3.8, 4) is 16.9 Å². The average molecular weight is 388 g/mol. The van der Waals surface area contributed by atoms with Crippen LogP contribution in [0, 0.1) is 17.5 Å². The molecule has 0 aliphatic heterocycles. The Labute approximate surface area is 148 Å². The van der Waals surface area contributed by atoms with E-state index in [0.29, 0.717) is 6.07 Å². The molecule has 0 atom stereocenters. The number of nitrogens with zero attached hydrogens (tertiary/aromatic N) is 2. The summed E-state index contributed by atoms with van der Waals surface area (Å²) in [7, 11) is 0. The van der Waals surface area contributed by atoms with Gasteiger partial charge in [-0.2, -0.15) is 18.3 Å². The van der Waals surface area contributed by atoms with Gasteiger partial charge in [-0.1, -0.05) is 0 Å². The highest BCUT2D eigenvalue weighted by Gasteiger charge is 2.35. The zero-order chi connectivity index (χ0) is 19.1. The molecule has 0 bridgehead atoms. The Morgan fingerprint density at radius 2 is 1.50 bits per heavy atom. The fourth-order valence-electron chi connectivity index (χ4n) is 2.41. The monoisotopic (exact) mass is 388 g/mol. The number of thioether (sulfide) groups is 1. The van der Waals surface area contributed by atoms with Gasteiger partial charge in [-0.05, 0) is 48.7 Å². The first kappa shape index (κ1) is 18.4. The van der Waals surface area contributed by atoms with Crippen LogP contribution in [0.25, 0.3) is 16.9 Å². The molecule has 0 saturated heterocycles. The molecule has 2 nitrogen and oxygen atoms in total. The van der Waals surface area contributed by atoms with E-state index in [1.165, 1.54) is 18.4 Å². The second kappa shape index (κ2) is 6.71. The first-order valence-corrected chi connectivity index (χ1v) is 8.40. The highest BCUT2D eigenvalue weighted by Crippen LogP contribution is 2.35. The molecule has 0 fully saturated rings. The topological polar surface area (TPSA) is 17.8 Å². The molecular weight excluding hydrogens is 378 g/mol. The van der Waals surface area contributed by atoms with Crippen molar-refractivity contribution in [3.63, 3.8) is 0 Å². The van der Waals surface area contributed by atoms with Gasteiger partial charge < -0.3 is 0 Å². The Balaban J connectivity index is 2.23. The van der Waals surface area contributed by atoms with Crippen molar-refractivity contribution in [1.29, 1.82) is 0 Å². The number of halogens is 6. The summed E-state index contributed by atoms with van der Waals surface area (Å²) in [6.07, 6.45) is -3.28. The molecule has 2 aromatic carbocycles. The maximum Gasteiger partial charge on any atom is 0.435 e. The maximum atomic E-state index is 14.1. The van der Waals surface area contributed by atoms with Gasteiger partial charge in [0.15, 0.2) is 5.69 Å². The van der Waals surface area contributed by atoms with Gasteiger partial charge in [0.2, 0.25) is 0 Å². The quantitative estimate of drug-likeness (QED) is 0.423. The lowest BCUT2D eigenvalue weighted by molar-refractivity contribution is -0.141. The van der Waals surface area contributed by atoms with Crippen LogP contribution in [0.5, 0.6) is 0 Å². The molecule has 0 unspecified atom stereocenters. The van der Waals surface area contributed by atoms with Crippen LogP contribution in [0.4, 0.5) is 26.3 Å². The predicted molar refractivity (Wildman–Crippen MR) is 85.7 cm³/mol. The Kier molecular flexibility index (Phi) is 4.74. The number of hydrogen-bond acceptors (Lipinski definition) is 2. The third kappa shape index (κ3) is 3.44. The lowest BCUT2D eigenvalue weighted by atomic mass is 10.1. The van der Waals surface area contributed by atoms with Gasteiger partial charge in [-0.15, -0.1) is 11.8 Å². The second-order valence-corrected chi connectivity index (χ2v) is 6.09. The van der Waals surface area contributed by atoms with Gasteiger partial charge in [0, 0.05) is 5.56 Å². The van der Waals surface area contributed by atoms with E-state index in [0.717, 1.165) is 40.7 Å². The minimum atomic E-state index is -4.75. The average Bonchev–Trinajstić information content (AvgIpc) is 3.01. The molecule has 0 amide bonds. The van der Waals surface area contributed by atoms with Crippen LogP contribution < -0.4 is 0 Å². The Bertz CT molecular complexity index is 924. The summed E-state index contributed by atoms with van der Waals surface area (Å²) < 4.78 is 81.3. The van der Waals surface area contributed by atoms with Gasteiger partial charge in [0.05, 0.1) is 16.3 Å². The van der Waals surface area contributed by atoms with Crippen molar-refractivity contribution in [3.05, 3.63) is 65.6 Å². The van der Waals surface area contributed by atoms with E-state index in [9.17, 15) is 26.3 Å². The Hall–Kier alpha value is -2.42. The molecule has 136 valence electrons. The Morgan fingerprint density at radius 3 is 2.00 bits per heavy atom. The van der Waals surface area contributed by atoms with Crippen molar-refractivity contribution in [2.75, 3.05) is 6.26 Å². The van der Waals surface area contributed by atoms with Crippen LogP contribution >= 0.6 is 11.8 Å². The van der Waals surface area contributed by atoms with E-state index >= 15 is 0 Å². The molecule has 0 N–H and O–H groups in total. The molecule has 3 aromatic rings. The lowest BCUT2D eigenvalue weighted by Gasteiger charge is -2.09. The van der Waals surface area contributed by atoms with Gasteiger partial charge >= 0.3 is 6.18 Å². The Morgan fingerprint density at radius 1 is 0.923 bits per heavy atom. The second-order valence-electron chi connectivity index (χ2n) is 5.27. The summed E-state index contributed by atoms with van der Waals surface area (Å²) in [6, 6.07) is 7.09. The van der Waals surface area contributed by atoms with Gasteiger partial charge in [0.1, 0.15) is 17.5 Å². The largest absolute Gasteiger partial charge is 0.435 e. The normalized spacial score (nSPS) is 11.8. The third-order valence-corrected chi connectivity index (χ3v) is 4.37.